The van der Waals surface area contributed by atoms with Gasteiger partial charge in [-0.2, -0.15) is 4.98 Å². The second kappa shape index (κ2) is 4.24. The molecule has 0 radical (unpaired) electrons. The molecule has 2 aromatic rings. The van der Waals surface area contributed by atoms with Gasteiger partial charge in [-0.1, -0.05) is 12.1 Å². The van der Waals surface area contributed by atoms with E-state index in [0.717, 1.165) is 10.9 Å². The summed E-state index contributed by atoms with van der Waals surface area (Å²) in [6.07, 6.45) is 1.12. The Kier molecular flexibility index (Phi) is 2.76. The van der Waals surface area contributed by atoms with E-state index in [2.05, 4.69) is 9.97 Å². The molecule has 0 bridgehead atoms. The summed E-state index contributed by atoms with van der Waals surface area (Å²) in [5.74, 6) is -0.174. The van der Waals surface area contributed by atoms with Crippen molar-refractivity contribution in [3.05, 3.63) is 50.7 Å². The van der Waals surface area contributed by atoms with Crippen LogP contribution in [-0.4, -0.2) is 19.5 Å². The SMILES string of the molecule is Cc1cccc([N+](=O)[O-])c1-n1cnc(N)nc1=O. The first-order valence-corrected chi connectivity index (χ1v) is 4.96. The summed E-state index contributed by atoms with van der Waals surface area (Å²) in [6.45, 7) is 1.66. The Hall–Kier alpha value is -2.77. The third kappa shape index (κ3) is 1.90. The summed E-state index contributed by atoms with van der Waals surface area (Å²) in [7, 11) is 0. The number of rotatable bonds is 2. The van der Waals surface area contributed by atoms with Gasteiger partial charge in [0, 0.05) is 6.07 Å². The molecule has 0 aliphatic rings. The van der Waals surface area contributed by atoms with E-state index in [1.165, 1.54) is 6.07 Å². The first kappa shape index (κ1) is 11.7. The first-order valence-electron chi connectivity index (χ1n) is 4.96. The van der Waals surface area contributed by atoms with E-state index in [4.69, 9.17) is 5.73 Å². The normalized spacial score (nSPS) is 10.3. The molecule has 0 spiro atoms. The van der Waals surface area contributed by atoms with Crippen molar-refractivity contribution >= 4 is 11.6 Å². The van der Waals surface area contributed by atoms with Crippen molar-refractivity contribution in [3.8, 4) is 5.69 Å². The van der Waals surface area contributed by atoms with Gasteiger partial charge in [0.1, 0.15) is 12.0 Å². The Morgan fingerprint density at radius 1 is 1.44 bits per heavy atom. The number of hydrogen-bond acceptors (Lipinski definition) is 6. The van der Waals surface area contributed by atoms with Crippen molar-refractivity contribution < 1.29 is 4.92 Å². The fourth-order valence-electron chi connectivity index (χ4n) is 1.60. The number of anilines is 1. The lowest BCUT2D eigenvalue weighted by atomic mass is 10.1. The number of aromatic nitrogens is 3. The summed E-state index contributed by atoms with van der Waals surface area (Å²) in [5.41, 5.74) is 5.09. The molecule has 0 unspecified atom stereocenters. The van der Waals surface area contributed by atoms with Gasteiger partial charge in [-0.25, -0.2) is 14.3 Å². The Bertz CT molecular complexity index is 679. The highest BCUT2D eigenvalue weighted by Gasteiger charge is 2.18. The highest BCUT2D eigenvalue weighted by atomic mass is 16.6. The maximum Gasteiger partial charge on any atom is 0.356 e. The molecule has 1 aromatic heterocycles. The third-order valence-electron chi connectivity index (χ3n) is 2.38. The molecule has 0 aliphatic heterocycles. The molecular formula is C10H9N5O3. The molecule has 18 heavy (non-hydrogen) atoms. The van der Waals surface area contributed by atoms with Crippen LogP contribution < -0.4 is 11.4 Å². The number of nitrogens with zero attached hydrogens (tertiary/aromatic N) is 4. The molecule has 92 valence electrons. The summed E-state index contributed by atoms with van der Waals surface area (Å²) in [6, 6.07) is 4.51. The largest absolute Gasteiger partial charge is 0.368 e. The average molecular weight is 247 g/mol. The summed E-state index contributed by atoms with van der Waals surface area (Å²) < 4.78 is 1.00. The maximum absolute atomic E-state index is 11.7. The number of nitrogens with two attached hydrogens (primary N) is 1. The minimum absolute atomic E-state index is 0.146. The molecule has 1 aromatic carbocycles. The lowest BCUT2D eigenvalue weighted by molar-refractivity contribution is -0.384. The van der Waals surface area contributed by atoms with Crippen molar-refractivity contribution in [1.29, 1.82) is 0 Å². The zero-order valence-corrected chi connectivity index (χ0v) is 9.40. The highest BCUT2D eigenvalue weighted by molar-refractivity contribution is 5.56. The van der Waals surface area contributed by atoms with E-state index < -0.39 is 10.6 Å². The van der Waals surface area contributed by atoms with Crippen molar-refractivity contribution in [2.45, 2.75) is 6.92 Å². The van der Waals surface area contributed by atoms with Crippen LogP contribution in [0.1, 0.15) is 5.56 Å². The number of para-hydroxylation sites is 1. The Labute approximate surface area is 101 Å². The number of benzene rings is 1. The van der Waals surface area contributed by atoms with Crippen LogP contribution in [0.3, 0.4) is 0 Å². The average Bonchev–Trinajstić information content (AvgIpc) is 2.29. The highest BCUT2D eigenvalue weighted by Crippen LogP contribution is 2.24. The lowest BCUT2D eigenvalue weighted by Gasteiger charge is -2.08. The van der Waals surface area contributed by atoms with E-state index in [1.807, 2.05) is 0 Å². The zero-order valence-electron chi connectivity index (χ0n) is 9.40. The van der Waals surface area contributed by atoms with E-state index in [-0.39, 0.29) is 17.3 Å². The van der Waals surface area contributed by atoms with Crippen LogP contribution in [0, 0.1) is 17.0 Å². The van der Waals surface area contributed by atoms with Crippen LogP contribution in [0.4, 0.5) is 11.6 Å². The third-order valence-corrected chi connectivity index (χ3v) is 2.38. The van der Waals surface area contributed by atoms with E-state index in [9.17, 15) is 14.9 Å². The fourth-order valence-corrected chi connectivity index (χ4v) is 1.60. The van der Waals surface area contributed by atoms with Crippen molar-refractivity contribution in [2.75, 3.05) is 5.73 Å². The van der Waals surface area contributed by atoms with Gasteiger partial charge in [0.2, 0.25) is 5.95 Å². The van der Waals surface area contributed by atoms with Gasteiger partial charge in [0.15, 0.2) is 0 Å². The maximum atomic E-state index is 11.7. The van der Waals surface area contributed by atoms with Crippen LogP contribution in [-0.2, 0) is 0 Å². The van der Waals surface area contributed by atoms with E-state index >= 15 is 0 Å². The first-order chi connectivity index (χ1) is 8.50. The molecule has 1 heterocycles. The minimum atomic E-state index is -0.708. The smallest absolute Gasteiger partial charge is 0.356 e. The second-order valence-corrected chi connectivity index (χ2v) is 3.57. The van der Waals surface area contributed by atoms with Gasteiger partial charge in [-0.3, -0.25) is 10.1 Å². The molecular weight excluding hydrogens is 238 g/mol. The van der Waals surface area contributed by atoms with Gasteiger partial charge in [-0.05, 0) is 12.5 Å². The van der Waals surface area contributed by atoms with Gasteiger partial charge in [-0.15, -0.1) is 0 Å². The molecule has 0 saturated heterocycles. The van der Waals surface area contributed by atoms with Crippen LogP contribution in [0.25, 0.3) is 5.69 Å². The van der Waals surface area contributed by atoms with Crippen molar-refractivity contribution in [3.63, 3.8) is 0 Å². The van der Waals surface area contributed by atoms with Gasteiger partial charge >= 0.3 is 5.69 Å². The summed E-state index contributed by atoms with van der Waals surface area (Å²) in [4.78, 5) is 29.2. The van der Waals surface area contributed by atoms with Crippen LogP contribution in [0.2, 0.25) is 0 Å². The molecule has 0 amide bonds. The zero-order chi connectivity index (χ0) is 13.3. The van der Waals surface area contributed by atoms with Crippen molar-refractivity contribution in [1.82, 2.24) is 14.5 Å². The van der Waals surface area contributed by atoms with Gasteiger partial charge in [0.05, 0.1) is 4.92 Å². The Morgan fingerprint density at radius 2 is 2.17 bits per heavy atom. The number of nitro groups is 1. The summed E-state index contributed by atoms with van der Waals surface area (Å²) >= 11 is 0. The number of hydrogen-bond donors (Lipinski definition) is 1. The predicted molar refractivity (Wildman–Crippen MR) is 63.4 cm³/mol. The standard InChI is InChI=1S/C10H9N5O3/c1-6-3-2-4-7(15(17)18)8(6)14-5-12-9(11)13-10(14)16/h2-5H,1H3,(H2,11,13,16). The lowest BCUT2D eigenvalue weighted by Crippen LogP contribution is -2.24. The van der Waals surface area contributed by atoms with Crippen molar-refractivity contribution in [2.24, 2.45) is 0 Å². The van der Waals surface area contributed by atoms with Gasteiger partial charge in [0.25, 0.3) is 5.69 Å². The van der Waals surface area contributed by atoms with E-state index in [0.29, 0.717) is 5.56 Å². The Morgan fingerprint density at radius 3 is 2.78 bits per heavy atom. The topological polar surface area (TPSA) is 117 Å². The molecule has 0 aliphatic carbocycles. The molecule has 0 atom stereocenters. The Balaban J connectivity index is 2.78. The van der Waals surface area contributed by atoms with E-state index in [1.54, 1.807) is 19.1 Å². The molecule has 2 rings (SSSR count). The molecule has 8 heteroatoms. The second-order valence-electron chi connectivity index (χ2n) is 3.57. The molecule has 0 saturated carbocycles. The quantitative estimate of drug-likeness (QED) is 0.607. The number of aryl methyl sites for hydroxylation is 1. The monoisotopic (exact) mass is 247 g/mol. The molecule has 2 N–H and O–H groups in total. The molecule has 8 nitrogen and oxygen atoms in total. The van der Waals surface area contributed by atoms with Gasteiger partial charge < -0.3 is 5.73 Å². The predicted octanol–water partition coefficient (Wildman–Crippen LogP) is 0.426. The van der Waals surface area contributed by atoms with Crippen LogP contribution >= 0.6 is 0 Å². The number of nitrogen functional groups attached to an aromatic ring is 1. The van der Waals surface area contributed by atoms with Crippen LogP contribution in [0.5, 0.6) is 0 Å². The minimum Gasteiger partial charge on any atom is -0.368 e. The van der Waals surface area contributed by atoms with Crippen LogP contribution in [0.15, 0.2) is 29.3 Å². The molecule has 0 fully saturated rings. The number of nitro benzene ring substituents is 1. The fraction of sp³-hybridized carbons (Fsp3) is 0.100. The summed E-state index contributed by atoms with van der Waals surface area (Å²) in [5, 5.41) is 11.0.